The smallest absolute Gasteiger partial charge is 0.305 e. The number of unbranched alkanes of at least 4 members (excludes halogenated alkanes) is 1. The second-order valence-corrected chi connectivity index (χ2v) is 3.48. The van der Waals surface area contributed by atoms with Gasteiger partial charge in [0.15, 0.2) is 0 Å². The third kappa shape index (κ3) is 9.45. The van der Waals surface area contributed by atoms with Crippen LogP contribution in [0.1, 0.15) is 32.1 Å². The van der Waals surface area contributed by atoms with E-state index < -0.39 is 0 Å². The predicted molar refractivity (Wildman–Crippen MR) is 60.0 cm³/mol. The van der Waals surface area contributed by atoms with Crippen molar-refractivity contribution in [1.29, 1.82) is 0 Å². The summed E-state index contributed by atoms with van der Waals surface area (Å²) in [6.07, 6.45) is 3.07. The van der Waals surface area contributed by atoms with Gasteiger partial charge < -0.3 is 14.8 Å². The van der Waals surface area contributed by atoms with Crippen LogP contribution in [-0.4, -0.2) is 39.2 Å². The number of methoxy groups -OCH3 is 2. The summed E-state index contributed by atoms with van der Waals surface area (Å²) in [5.74, 6) is -0.283. The van der Waals surface area contributed by atoms with E-state index in [0.717, 1.165) is 19.4 Å². The molecule has 0 rings (SSSR count). The lowest BCUT2D eigenvalue weighted by Gasteiger charge is -2.04. The van der Waals surface area contributed by atoms with Crippen molar-refractivity contribution < 1.29 is 19.1 Å². The van der Waals surface area contributed by atoms with Gasteiger partial charge in [-0.05, 0) is 19.3 Å². The number of nitrogens with one attached hydrogen (secondary N) is 1. The Kier molecular flexibility index (Phi) is 9.70. The molecule has 0 saturated heterocycles. The highest BCUT2D eigenvalue weighted by atomic mass is 16.5. The summed E-state index contributed by atoms with van der Waals surface area (Å²) in [5.41, 5.74) is 0. The van der Waals surface area contributed by atoms with Gasteiger partial charge in [0.05, 0.1) is 7.11 Å². The first kappa shape index (κ1) is 14.9. The molecule has 5 nitrogen and oxygen atoms in total. The Balaban J connectivity index is 3.28. The van der Waals surface area contributed by atoms with E-state index in [1.165, 1.54) is 7.11 Å². The van der Waals surface area contributed by atoms with Crippen molar-refractivity contribution in [2.24, 2.45) is 0 Å². The molecule has 0 aliphatic carbocycles. The highest BCUT2D eigenvalue weighted by molar-refractivity contribution is 5.76. The van der Waals surface area contributed by atoms with Crippen LogP contribution in [-0.2, 0) is 19.1 Å². The number of rotatable bonds is 9. The van der Waals surface area contributed by atoms with Crippen molar-refractivity contribution >= 4 is 11.9 Å². The molecule has 0 aromatic heterocycles. The predicted octanol–water partition coefficient (Wildman–Crippen LogP) is 0.872. The van der Waals surface area contributed by atoms with Gasteiger partial charge in [-0.25, -0.2) is 0 Å². The van der Waals surface area contributed by atoms with E-state index in [9.17, 15) is 9.59 Å². The highest BCUT2D eigenvalue weighted by Gasteiger charge is 2.04. The van der Waals surface area contributed by atoms with Crippen LogP contribution in [0.15, 0.2) is 0 Å². The molecule has 0 aliphatic rings. The third-order valence-electron chi connectivity index (χ3n) is 2.11. The minimum Gasteiger partial charge on any atom is -0.469 e. The highest BCUT2D eigenvalue weighted by Crippen LogP contribution is 1.97. The zero-order valence-corrected chi connectivity index (χ0v) is 10.1. The topological polar surface area (TPSA) is 64.6 Å². The molecular weight excluding hydrogens is 210 g/mol. The van der Waals surface area contributed by atoms with Gasteiger partial charge in [0.25, 0.3) is 0 Å². The lowest BCUT2D eigenvalue weighted by Crippen LogP contribution is -2.24. The van der Waals surface area contributed by atoms with E-state index in [1.807, 2.05) is 0 Å². The van der Waals surface area contributed by atoms with E-state index in [-0.39, 0.29) is 11.9 Å². The molecular formula is C11H21NO4. The lowest BCUT2D eigenvalue weighted by molar-refractivity contribution is -0.140. The number of hydrogen-bond donors (Lipinski definition) is 1. The fraction of sp³-hybridized carbons (Fsp3) is 0.818. The van der Waals surface area contributed by atoms with Crippen LogP contribution in [0.4, 0.5) is 0 Å². The second kappa shape index (κ2) is 10.4. The van der Waals surface area contributed by atoms with E-state index in [2.05, 4.69) is 10.1 Å². The van der Waals surface area contributed by atoms with Crippen molar-refractivity contribution in [2.75, 3.05) is 27.4 Å². The standard InChI is InChI=1S/C11H21NO4/c1-15-9-4-3-8-12-10(13)6-5-7-11(14)16-2/h3-9H2,1-2H3,(H,12,13). The molecule has 16 heavy (non-hydrogen) atoms. The first-order valence-electron chi connectivity index (χ1n) is 5.53. The minimum absolute atomic E-state index is 0.0127. The maximum atomic E-state index is 11.3. The number of ether oxygens (including phenoxy) is 2. The summed E-state index contributed by atoms with van der Waals surface area (Å²) in [7, 11) is 3.00. The van der Waals surface area contributed by atoms with Gasteiger partial charge in [0, 0.05) is 33.1 Å². The van der Waals surface area contributed by atoms with Gasteiger partial charge >= 0.3 is 5.97 Å². The van der Waals surface area contributed by atoms with Crippen LogP contribution in [0.2, 0.25) is 0 Å². The quantitative estimate of drug-likeness (QED) is 0.472. The first-order valence-corrected chi connectivity index (χ1v) is 5.53. The molecule has 0 radical (unpaired) electrons. The Morgan fingerprint density at radius 3 is 2.44 bits per heavy atom. The minimum atomic E-state index is -0.270. The van der Waals surface area contributed by atoms with Crippen molar-refractivity contribution in [1.82, 2.24) is 5.32 Å². The first-order chi connectivity index (χ1) is 7.70. The summed E-state index contributed by atoms with van der Waals surface area (Å²) in [6.45, 7) is 1.39. The second-order valence-electron chi connectivity index (χ2n) is 3.48. The summed E-state index contributed by atoms with van der Waals surface area (Å²) in [5, 5.41) is 2.79. The number of hydrogen-bond acceptors (Lipinski definition) is 4. The van der Waals surface area contributed by atoms with Crippen LogP contribution in [0.25, 0.3) is 0 Å². The molecule has 0 atom stereocenters. The van der Waals surface area contributed by atoms with Gasteiger partial charge in [-0.1, -0.05) is 0 Å². The van der Waals surface area contributed by atoms with Crippen LogP contribution in [0, 0.1) is 0 Å². The van der Waals surface area contributed by atoms with Gasteiger partial charge in [0.1, 0.15) is 0 Å². The van der Waals surface area contributed by atoms with Crippen LogP contribution >= 0.6 is 0 Å². The average molecular weight is 231 g/mol. The maximum absolute atomic E-state index is 11.3. The largest absolute Gasteiger partial charge is 0.469 e. The fourth-order valence-corrected chi connectivity index (χ4v) is 1.18. The van der Waals surface area contributed by atoms with Crippen molar-refractivity contribution in [3.63, 3.8) is 0 Å². The number of carbonyl (C=O) groups excluding carboxylic acids is 2. The Bertz CT molecular complexity index is 206. The SMILES string of the molecule is COCCCCNC(=O)CCCC(=O)OC. The van der Waals surface area contributed by atoms with Gasteiger partial charge in [-0.15, -0.1) is 0 Å². The molecule has 0 spiro atoms. The normalized spacial score (nSPS) is 9.88. The summed E-state index contributed by atoms with van der Waals surface area (Å²) < 4.78 is 9.36. The average Bonchev–Trinajstić information content (AvgIpc) is 2.28. The van der Waals surface area contributed by atoms with E-state index in [4.69, 9.17) is 4.74 Å². The lowest BCUT2D eigenvalue weighted by atomic mass is 10.2. The van der Waals surface area contributed by atoms with Gasteiger partial charge in [-0.2, -0.15) is 0 Å². The Morgan fingerprint density at radius 1 is 1.06 bits per heavy atom. The Morgan fingerprint density at radius 2 is 1.81 bits per heavy atom. The Hall–Kier alpha value is -1.10. The molecule has 5 heteroatoms. The molecule has 0 heterocycles. The molecule has 0 aliphatic heterocycles. The summed E-state index contributed by atoms with van der Waals surface area (Å²) in [4.78, 5) is 22.0. The summed E-state index contributed by atoms with van der Waals surface area (Å²) >= 11 is 0. The molecule has 94 valence electrons. The molecule has 0 bridgehead atoms. The molecule has 0 fully saturated rings. The number of carbonyl (C=O) groups is 2. The van der Waals surface area contributed by atoms with Crippen molar-refractivity contribution in [3.8, 4) is 0 Å². The van der Waals surface area contributed by atoms with Gasteiger partial charge in [-0.3, -0.25) is 9.59 Å². The van der Waals surface area contributed by atoms with E-state index in [1.54, 1.807) is 7.11 Å². The van der Waals surface area contributed by atoms with Crippen molar-refractivity contribution in [2.45, 2.75) is 32.1 Å². The van der Waals surface area contributed by atoms with E-state index in [0.29, 0.717) is 25.8 Å². The zero-order valence-electron chi connectivity index (χ0n) is 10.1. The van der Waals surface area contributed by atoms with Crippen molar-refractivity contribution in [3.05, 3.63) is 0 Å². The molecule has 0 saturated carbocycles. The zero-order chi connectivity index (χ0) is 12.2. The van der Waals surface area contributed by atoms with Gasteiger partial charge in [0.2, 0.25) is 5.91 Å². The number of esters is 1. The third-order valence-corrected chi connectivity index (χ3v) is 2.11. The Labute approximate surface area is 96.5 Å². The monoisotopic (exact) mass is 231 g/mol. The molecule has 1 N–H and O–H groups in total. The van der Waals surface area contributed by atoms with E-state index >= 15 is 0 Å². The fourth-order valence-electron chi connectivity index (χ4n) is 1.18. The molecule has 0 aromatic carbocycles. The summed E-state index contributed by atoms with van der Waals surface area (Å²) in [6, 6.07) is 0. The molecule has 0 aromatic rings. The van der Waals surface area contributed by atoms with Crippen LogP contribution < -0.4 is 5.32 Å². The number of amides is 1. The molecule has 1 amide bonds. The molecule has 0 unspecified atom stereocenters. The van der Waals surface area contributed by atoms with Crippen LogP contribution in [0.5, 0.6) is 0 Å². The maximum Gasteiger partial charge on any atom is 0.305 e. The van der Waals surface area contributed by atoms with Crippen LogP contribution in [0.3, 0.4) is 0 Å².